The lowest BCUT2D eigenvalue weighted by Crippen LogP contribution is -2.19. The minimum atomic E-state index is 0.408. The predicted molar refractivity (Wildman–Crippen MR) is 75.7 cm³/mol. The van der Waals surface area contributed by atoms with Crippen molar-refractivity contribution >= 4 is 11.3 Å². The second kappa shape index (κ2) is 5.48. The van der Waals surface area contributed by atoms with Gasteiger partial charge in [0.05, 0.1) is 0 Å². The summed E-state index contributed by atoms with van der Waals surface area (Å²) in [6.07, 6.45) is 1.06. The van der Waals surface area contributed by atoms with Crippen LogP contribution in [0.4, 0.5) is 0 Å². The molecule has 0 spiro atoms. The third kappa shape index (κ3) is 2.96. The zero-order chi connectivity index (χ0) is 12.3. The molecule has 90 valence electrons. The van der Waals surface area contributed by atoms with E-state index in [0.717, 1.165) is 6.42 Å². The molecule has 1 heterocycles. The van der Waals surface area contributed by atoms with Gasteiger partial charge in [-0.3, -0.25) is 0 Å². The van der Waals surface area contributed by atoms with Gasteiger partial charge in [0.2, 0.25) is 0 Å². The molecule has 1 nitrogen and oxygen atoms in total. The highest BCUT2D eigenvalue weighted by atomic mass is 32.1. The molecule has 0 aliphatic rings. The number of aryl methyl sites for hydroxylation is 2. The molecule has 1 aromatic carbocycles. The molecular formula is C15H19NS. The summed E-state index contributed by atoms with van der Waals surface area (Å²) in [5.74, 6) is 0. The Balaban J connectivity index is 2.23. The van der Waals surface area contributed by atoms with Gasteiger partial charge in [-0.15, -0.1) is 0 Å². The molecule has 0 bridgehead atoms. The van der Waals surface area contributed by atoms with Crippen LogP contribution in [0.5, 0.6) is 0 Å². The van der Waals surface area contributed by atoms with Crippen molar-refractivity contribution in [1.29, 1.82) is 0 Å². The molecule has 0 amide bonds. The fourth-order valence-corrected chi connectivity index (χ4v) is 2.91. The van der Waals surface area contributed by atoms with E-state index in [1.54, 1.807) is 11.3 Å². The molecule has 2 aromatic rings. The van der Waals surface area contributed by atoms with Crippen LogP contribution in [-0.2, 0) is 6.42 Å². The average molecular weight is 245 g/mol. The van der Waals surface area contributed by atoms with E-state index >= 15 is 0 Å². The number of hydrogen-bond acceptors (Lipinski definition) is 2. The number of rotatable bonds is 4. The summed E-state index contributed by atoms with van der Waals surface area (Å²) in [5.41, 5.74) is 5.52. The molecule has 1 unspecified atom stereocenters. The summed E-state index contributed by atoms with van der Waals surface area (Å²) in [4.78, 5) is 0. The Hall–Kier alpha value is -1.12. The summed E-state index contributed by atoms with van der Waals surface area (Å²) in [6.45, 7) is 4.34. The van der Waals surface area contributed by atoms with Crippen LogP contribution in [0.3, 0.4) is 0 Å². The molecule has 1 aromatic heterocycles. The zero-order valence-corrected chi connectivity index (χ0v) is 11.5. The SMILES string of the molecule is CNC(Cc1ccsc1)c1ccc(C)cc1C. The Morgan fingerprint density at radius 1 is 1.24 bits per heavy atom. The lowest BCUT2D eigenvalue weighted by atomic mass is 9.95. The summed E-state index contributed by atoms with van der Waals surface area (Å²) in [5, 5.41) is 7.79. The van der Waals surface area contributed by atoms with Gasteiger partial charge < -0.3 is 5.32 Å². The maximum absolute atomic E-state index is 3.42. The zero-order valence-electron chi connectivity index (χ0n) is 10.7. The van der Waals surface area contributed by atoms with E-state index in [1.807, 2.05) is 7.05 Å². The summed E-state index contributed by atoms with van der Waals surface area (Å²) in [7, 11) is 2.04. The van der Waals surface area contributed by atoms with Gasteiger partial charge in [-0.2, -0.15) is 11.3 Å². The van der Waals surface area contributed by atoms with Crippen LogP contribution in [0.1, 0.15) is 28.3 Å². The van der Waals surface area contributed by atoms with Crippen molar-refractivity contribution in [2.75, 3.05) is 7.05 Å². The highest BCUT2D eigenvalue weighted by Gasteiger charge is 2.12. The fourth-order valence-electron chi connectivity index (χ4n) is 2.23. The van der Waals surface area contributed by atoms with Crippen LogP contribution in [0.15, 0.2) is 35.0 Å². The Morgan fingerprint density at radius 3 is 2.65 bits per heavy atom. The van der Waals surface area contributed by atoms with Gasteiger partial charge in [0.25, 0.3) is 0 Å². The molecule has 0 radical (unpaired) electrons. The number of hydrogen-bond donors (Lipinski definition) is 1. The normalized spacial score (nSPS) is 12.6. The maximum atomic E-state index is 3.42. The molecule has 0 saturated carbocycles. The van der Waals surface area contributed by atoms with E-state index in [1.165, 1.54) is 22.3 Å². The first-order valence-corrected chi connectivity index (χ1v) is 6.90. The largest absolute Gasteiger partial charge is 0.313 e. The second-order valence-electron chi connectivity index (χ2n) is 4.54. The van der Waals surface area contributed by atoms with Gasteiger partial charge in [0.15, 0.2) is 0 Å². The van der Waals surface area contributed by atoms with E-state index in [2.05, 4.69) is 54.2 Å². The van der Waals surface area contributed by atoms with Crippen LogP contribution in [-0.4, -0.2) is 7.05 Å². The number of thiophene rings is 1. The van der Waals surface area contributed by atoms with Crippen LogP contribution < -0.4 is 5.32 Å². The lowest BCUT2D eigenvalue weighted by molar-refractivity contribution is 0.589. The summed E-state index contributed by atoms with van der Waals surface area (Å²) in [6, 6.07) is 9.31. The molecule has 0 aliphatic heterocycles. The van der Waals surface area contributed by atoms with Gasteiger partial charge in [-0.1, -0.05) is 23.8 Å². The Morgan fingerprint density at radius 2 is 2.06 bits per heavy atom. The Labute approximate surface area is 108 Å². The number of likely N-dealkylation sites (N-methyl/N-ethyl adjacent to an activating group) is 1. The maximum Gasteiger partial charge on any atom is 0.0361 e. The molecule has 0 aliphatic carbocycles. The molecular weight excluding hydrogens is 226 g/mol. The average Bonchev–Trinajstić information content (AvgIpc) is 2.79. The van der Waals surface area contributed by atoms with Gasteiger partial charge in [-0.05, 0) is 60.8 Å². The van der Waals surface area contributed by atoms with Gasteiger partial charge in [-0.25, -0.2) is 0 Å². The van der Waals surface area contributed by atoms with Crippen molar-refractivity contribution in [3.05, 3.63) is 57.3 Å². The number of nitrogens with one attached hydrogen (secondary N) is 1. The van der Waals surface area contributed by atoms with E-state index in [-0.39, 0.29) is 0 Å². The van der Waals surface area contributed by atoms with Crippen molar-refractivity contribution in [1.82, 2.24) is 5.32 Å². The minimum Gasteiger partial charge on any atom is -0.313 e. The first-order valence-electron chi connectivity index (χ1n) is 5.96. The number of benzene rings is 1. The van der Waals surface area contributed by atoms with Gasteiger partial charge >= 0.3 is 0 Å². The fraction of sp³-hybridized carbons (Fsp3) is 0.333. The third-order valence-corrected chi connectivity index (χ3v) is 3.90. The Bertz CT molecular complexity index is 474. The van der Waals surface area contributed by atoms with E-state index in [0.29, 0.717) is 6.04 Å². The lowest BCUT2D eigenvalue weighted by Gasteiger charge is -2.18. The smallest absolute Gasteiger partial charge is 0.0361 e. The van der Waals surface area contributed by atoms with Crippen LogP contribution in [0.25, 0.3) is 0 Å². The first kappa shape index (κ1) is 12.3. The van der Waals surface area contributed by atoms with Crippen molar-refractivity contribution < 1.29 is 0 Å². The summed E-state index contributed by atoms with van der Waals surface area (Å²) < 4.78 is 0. The van der Waals surface area contributed by atoms with E-state index in [4.69, 9.17) is 0 Å². The minimum absolute atomic E-state index is 0.408. The monoisotopic (exact) mass is 245 g/mol. The molecule has 2 rings (SSSR count). The van der Waals surface area contributed by atoms with Crippen LogP contribution >= 0.6 is 11.3 Å². The first-order chi connectivity index (χ1) is 8.20. The van der Waals surface area contributed by atoms with Crippen molar-refractivity contribution in [2.24, 2.45) is 0 Å². The molecule has 1 N–H and O–H groups in total. The van der Waals surface area contributed by atoms with E-state index < -0.39 is 0 Å². The highest BCUT2D eigenvalue weighted by Crippen LogP contribution is 2.23. The molecule has 17 heavy (non-hydrogen) atoms. The van der Waals surface area contributed by atoms with Gasteiger partial charge in [0, 0.05) is 6.04 Å². The molecule has 1 atom stereocenters. The third-order valence-electron chi connectivity index (χ3n) is 3.17. The second-order valence-corrected chi connectivity index (χ2v) is 5.32. The predicted octanol–water partition coefficient (Wildman–Crippen LogP) is 3.87. The molecule has 0 fully saturated rings. The summed E-state index contributed by atoms with van der Waals surface area (Å²) >= 11 is 1.77. The standard InChI is InChI=1S/C15H19NS/c1-11-4-5-14(12(2)8-11)15(16-3)9-13-6-7-17-10-13/h4-8,10,15-16H,9H2,1-3H3. The highest BCUT2D eigenvalue weighted by molar-refractivity contribution is 7.07. The molecule has 0 saturated heterocycles. The van der Waals surface area contributed by atoms with Gasteiger partial charge in [0.1, 0.15) is 0 Å². The molecule has 2 heteroatoms. The quantitative estimate of drug-likeness (QED) is 0.862. The Kier molecular flexibility index (Phi) is 3.97. The van der Waals surface area contributed by atoms with Crippen LogP contribution in [0.2, 0.25) is 0 Å². The van der Waals surface area contributed by atoms with E-state index in [9.17, 15) is 0 Å². The van der Waals surface area contributed by atoms with Crippen molar-refractivity contribution in [3.8, 4) is 0 Å². The van der Waals surface area contributed by atoms with Crippen molar-refractivity contribution in [3.63, 3.8) is 0 Å². The van der Waals surface area contributed by atoms with Crippen molar-refractivity contribution in [2.45, 2.75) is 26.3 Å². The topological polar surface area (TPSA) is 12.0 Å². The van der Waals surface area contributed by atoms with Crippen LogP contribution in [0, 0.1) is 13.8 Å².